The van der Waals surface area contributed by atoms with Crippen LogP contribution in [0.2, 0.25) is 0 Å². The van der Waals surface area contributed by atoms with Crippen molar-refractivity contribution in [2.75, 3.05) is 0 Å². The number of benzene rings is 1. The van der Waals surface area contributed by atoms with Crippen LogP contribution in [-0.4, -0.2) is 22.3 Å². The second-order valence-corrected chi connectivity index (χ2v) is 3.64. The van der Waals surface area contributed by atoms with Gasteiger partial charge in [0.05, 0.1) is 0 Å². The molecule has 0 bridgehead atoms. The molecule has 0 radical (unpaired) electrons. The number of carbonyl (C=O) groups is 2. The van der Waals surface area contributed by atoms with Crippen molar-refractivity contribution in [3.05, 3.63) is 18.2 Å². The maximum atomic E-state index is 10.3. The second kappa shape index (κ2) is 4.58. The van der Waals surface area contributed by atoms with Crippen molar-refractivity contribution in [1.29, 1.82) is 0 Å². The van der Waals surface area contributed by atoms with E-state index in [4.69, 9.17) is 14.7 Å². The van der Waals surface area contributed by atoms with Crippen molar-refractivity contribution < 1.29 is 24.3 Å². The first-order valence-electron chi connectivity index (χ1n) is 3.56. The lowest BCUT2D eigenvalue weighted by molar-refractivity contribution is 0.401. The van der Waals surface area contributed by atoms with E-state index in [2.05, 4.69) is 0 Å². The van der Waals surface area contributed by atoms with Gasteiger partial charge < -0.3 is 14.7 Å². The molecule has 0 heterocycles. The van der Waals surface area contributed by atoms with Gasteiger partial charge in [0.1, 0.15) is 5.75 Å². The molecule has 0 amide bonds. The quantitative estimate of drug-likeness (QED) is 0.447. The lowest BCUT2D eigenvalue weighted by Gasteiger charge is -2.07. The summed E-state index contributed by atoms with van der Waals surface area (Å²) < 4.78 is 4.91. The van der Waals surface area contributed by atoms with E-state index in [0.29, 0.717) is 12.1 Å². The van der Waals surface area contributed by atoms with Gasteiger partial charge in [0, 0.05) is 6.07 Å². The predicted molar refractivity (Wildman–Crippen MR) is 50.8 cm³/mol. The SMILES string of the molecule is O=CP(C=O)Oc1ccc(O)c(O)c1. The highest BCUT2D eigenvalue weighted by Crippen LogP contribution is 2.36. The van der Waals surface area contributed by atoms with Gasteiger partial charge in [-0.2, -0.15) is 0 Å². The van der Waals surface area contributed by atoms with Crippen molar-refractivity contribution in [1.82, 2.24) is 0 Å². The fraction of sp³-hybridized carbons (Fsp3) is 0. The largest absolute Gasteiger partial charge is 0.504 e. The van der Waals surface area contributed by atoms with E-state index in [1.165, 1.54) is 12.1 Å². The molecular formula is C8H7O5P. The molecule has 0 aliphatic heterocycles. The summed E-state index contributed by atoms with van der Waals surface area (Å²) in [6.45, 7) is 0. The molecule has 0 atom stereocenters. The predicted octanol–water partition coefficient (Wildman–Crippen LogP) is 1.25. The highest BCUT2D eigenvalue weighted by Gasteiger charge is 2.09. The Morgan fingerprint density at radius 3 is 2.29 bits per heavy atom. The Bertz CT molecular complexity index is 344. The molecule has 14 heavy (non-hydrogen) atoms. The Morgan fingerprint density at radius 2 is 1.79 bits per heavy atom. The topological polar surface area (TPSA) is 83.8 Å². The lowest BCUT2D eigenvalue weighted by atomic mass is 10.3. The number of hydrogen-bond donors (Lipinski definition) is 2. The third kappa shape index (κ3) is 2.44. The standard InChI is InChI=1S/C8H7O5P/c9-4-14(5-10)13-6-1-2-7(11)8(12)3-6/h1-5,11-12H. The highest BCUT2D eigenvalue weighted by molar-refractivity contribution is 7.81. The highest BCUT2D eigenvalue weighted by atomic mass is 31.1. The van der Waals surface area contributed by atoms with Crippen LogP contribution in [-0.2, 0) is 9.59 Å². The third-order valence-electron chi connectivity index (χ3n) is 1.37. The minimum absolute atomic E-state index is 0.158. The van der Waals surface area contributed by atoms with Crippen LogP contribution in [0, 0.1) is 0 Å². The molecule has 2 N–H and O–H groups in total. The van der Waals surface area contributed by atoms with E-state index < -0.39 is 8.15 Å². The van der Waals surface area contributed by atoms with Crippen molar-refractivity contribution in [3.63, 3.8) is 0 Å². The van der Waals surface area contributed by atoms with Gasteiger partial charge in [-0.25, -0.2) is 0 Å². The summed E-state index contributed by atoms with van der Waals surface area (Å²) >= 11 is 0. The number of carbonyl (C=O) groups excluding carboxylic acids is 2. The van der Waals surface area contributed by atoms with E-state index in [1.807, 2.05) is 0 Å². The Balaban J connectivity index is 2.81. The van der Waals surface area contributed by atoms with Gasteiger partial charge in [0.15, 0.2) is 23.6 Å². The average molecular weight is 214 g/mol. The third-order valence-corrected chi connectivity index (χ3v) is 2.20. The molecule has 1 aromatic carbocycles. The second-order valence-electron chi connectivity index (χ2n) is 2.31. The van der Waals surface area contributed by atoms with E-state index >= 15 is 0 Å². The van der Waals surface area contributed by atoms with E-state index in [0.717, 1.165) is 6.07 Å². The zero-order valence-corrected chi connectivity index (χ0v) is 7.85. The number of hydrogen-bond acceptors (Lipinski definition) is 5. The first-order chi connectivity index (χ1) is 6.67. The molecule has 0 saturated carbocycles. The number of phenolic OH excluding ortho intramolecular Hbond substituents is 2. The summed E-state index contributed by atoms with van der Waals surface area (Å²) in [7, 11) is -1.81. The van der Waals surface area contributed by atoms with Crippen LogP contribution in [0.25, 0.3) is 0 Å². The molecule has 6 heteroatoms. The van der Waals surface area contributed by atoms with Crippen LogP contribution in [0.3, 0.4) is 0 Å². The molecule has 0 aliphatic carbocycles. The van der Waals surface area contributed by atoms with Crippen molar-refractivity contribution in [3.8, 4) is 17.2 Å². The monoisotopic (exact) mass is 214 g/mol. The van der Waals surface area contributed by atoms with Crippen LogP contribution in [0.5, 0.6) is 17.2 Å². The zero-order valence-electron chi connectivity index (χ0n) is 6.95. The van der Waals surface area contributed by atoms with Gasteiger partial charge in [0.2, 0.25) is 8.15 Å². The molecule has 1 rings (SSSR count). The molecule has 5 nitrogen and oxygen atoms in total. The maximum absolute atomic E-state index is 10.3. The average Bonchev–Trinajstić information content (AvgIpc) is 2.19. The fourth-order valence-corrected chi connectivity index (χ4v) is 1.24. The van der Waals surface area contributed by atoms with Gasteiger partial charge in [-0.05, 0) is 12.1 Å². The van der Waals surface area contributed by atoms with Crippen LogP contribution < -0.4 is 4.52 Å². The van der Waals surface area contributed by atoms with Gasteiger partial charge in [-0.15, -0.1) is 0 Å². The summed E-state index contributed by atoms with van der Waals surface area (Å²) in [5, 5.41) is 18.0. The summed E-state index contributed by atoms with van der Waals surface area (Å²) in [5.74, 6) is -0.501. The Labute approximate surface area is 80.8 Å². The lowest BCUT2D eigenvalue weighted by Crippen LogP contribution is -1.88. The summed E-state index contributed by atoms with van der Waals surface area (Å²) in [4.78, 5) is 20.5. The van der Waals surface area contributed by atoms with Crippen molar-refractivity contribution in [2.24, 2.45) is 0 Å². The minimum Gasteiger partial charge on any atom is -0.504 e. The molecule has 0 spiro atoms. The number of rotatable bonds is 4. The fourth-order valence-electron chi connectivity index (χ4n) is 0.750. The van der Waals surface area contributed by atoms with E-state index in [1.54, 1.807) is 0 Å². The number of phenols is 2. The normalized spacial score (nSPS) is 9.79. The van der Waals surface area contributed by atoms with E-state index in [9.17, 15) is 9.59 Å². The smallest absolute Gasteiger partial charge is 0.217 e. The molecule has 0 aromatic heterocycles. The summed E-state index contributed by atoms with van der Waals surface area (Å²) in [5.41, 5.74) is 0. The van der Waals surface area contributed by atoms with Crippen LogP contribution >= 0.6 is 8.15 Å². The van der Waals surface area contributed by atoms with Crippen LogP contribution in [0.4, 0.5) is 0 Å². The van der Waals surface area contributed by atoms with Crippen LogP contribution in [0.1, 0.15) is 0 Å². The first-order valence-corrected chi connectivity index (χ1v) is 4.96. The molecule has 0 aliphatic rings. The minimum atomic E-state index is -1.81. The summed E-state index contributed by atoms with van der Waals surface area (Å²) in [6, 6.07) is 4.46. The van der Waals surface area contributed by atoms with Crippen molar-refractivity contribution >= 4 is 20.2 Å². The first kappa shape index (κ1) is 10.5. The van der Waals surface area contributed by atoms with E-state index in [-0.39, 0.29) is 17.2 Å². The molecule has 0 unspecified atom stereocenters. The molecule has 0 saturated heterocycles. The zero-order chi connectivity index (χ0) is 10.6. The molecule has 1 aromatic rings. The van der Waals surface area contributed by atoms with Gasteiger partial charge in [-0.3, -0.25) is 9.59 Å². The van der Waals surface area contributed by atoms with Gasteiger partial charge >= 0.3 is 0 Å². The van der Waals surface area contributed by atoms with Crippen LogP contribution in [0.15, 0.2) is 18.2 Å². The van der Waals surface area contributed by atoms with Gasteiger partial charge in [-0.1, -0.05) is 0 Å². The summed E-state index contributed by atoms with van der Waals surface area (Å²) in [6.07, 6.45) is 0. The molecular weight excluding hydrogens is 207 g/mol. The van der Waals surface area contributed by atoms with Gasteiger partial charge in [0.25, 0.3) is 0 Å². The maximum Gasteiger partial charge on any atom is 0.217 e. The Kier molecular flexibility index (Phi) is 3.42. The van der Waals surface area contributed by atoms with Crippen molar-refractivity contribution in [2.45, 2.75) is 0 Å². The Hall–Kier alpha value is -1.61. The molecule has 0 fully saturated rings. The molecule has 74 valence electrons. The Morgan fingerprint density at radius 1 is 1.14 bits per heavy atom. The number of aromatic hydroxyl groups is 2.